The Morgan fingerprint density at radius 2 is 1.87 bits per heavy atom. The summed E-state index contributed by atoms with van der Waals surface area (Å²) in [4.78, 5) is 13.6. The lowest BCUT2D eigenvalue weighted by molar-refractivity contribution is 0.101. The van der Waals surface area contributed by atoms with Gasteiger partial charge >= 0.3 is 0 Å². The number of thiophene rings is 2. The number of amides is 1. The molecule has 3 aromatic rings. The lowest BCUT2D eigenvalue weighted by Gasteiger charge is -2.04. The quantitative estimate of drug-likeness (QED) is 0.584. The molecule has 1 aromatic carbocycles. The highest BCUT2D eigenvalue weighted by Crippen LogP contribution is 2.38. The zero-order valence-electron chi connectivity index (χ0n) is 12.8. The van der Waals surface area contributed by atoms with Gasteiger partial charge in [0.05, 0.1) is 18.6 Å². The van der Waals surface area contributed by atoms with Crippen LogP contribution >= 0.6 is 34.3 Å². The van der Waals surface area contributed by atoms with E-state index in [9.17, 15) is 9.00 Å². The normalized spacial score (nSPS) is 13.9. The molecule has 23 heavy (non-hydrogen) atoms. The van der Waals surface area contributed by atoms with Crippen molar-refractivity contribution in [3.63, 3.8) is 0 Å². The van der Waals surface area contributed by atoms with E-state index in [2.05, 4.69) is 9.74 Å². The molecule has 0 bridgehead atoms. The summed E-state index contributed by atoms with van der Waals surface area (Å²) in [6, 6.07) is 6.59. The van der Waals surface area contributed by atoms with E-state index in [1.54, 1.807) is 35.6 Å². The first-order valence-electron chi connectivity index (χ1n) is 6.79. The monoisotopic (exact) mass is 383 g/mol. The highest BCUT2D eigenvalue weighted by molar-refractivity contribution is 7.93. The van der Waals surface area contributed by atoms with Gasteiger partial charge in [-0.1, -0.05) is 11.6 Å². The van der Waals surface area contributed by atoms with E-state index in [1.165, 1.54) is 17.6 Å². The van der Waals surface area contributed by atoms with Crippen LogP contribution in [0.15, 0.2) is 38.9 Å². The summed E-state index contributed by atoms with van der Waals surface area (Å²) in [5.74, 6) is -0.419. The van der Waals surface area contributed by atoms with Crippen LogP contribution in [0.4, 0.5) is 0 Å². The van der Waals surface area contributed by atoms with Crippen molar-refractivity contribution < 1.29 is 9.00 Å². The Hall–Kier alpha value is -1.21. The molecule has 0 fully saturated rings. The molecule has 3 rings (SSSR count). The van der Waals surface area contributed by atoms with E-state index < -0.39 is 15.6 Å². The van der Waals surface area contributed by atoms with Crippen LogP contribution < -0.4 is 0 Å². The average molecular weight is 384 g/mol. The maximum absolute atomic E-state index is 12.8. The molecule has 1 atom stereocenters. The van der Waals surface area contributed by atoms with Crippen molar-refractivity contribution in [1.82, 2.24) is 0 Å². The van der Waals surface area contributed by atoms with Crippen molar-refractivity contribution in [3.05, 3.63) is 50.7 Å². The number of hydrogen-bond donors (Lipinski definition) is 0. The third-order valence-electron chi connectivity index (χ3n) is 3.55. The molecule has 0 saturated carbocycles. The van der Waals surface area contributed by atoms with Gasteiger partial charge in [0.15, 0.2) is 0 Å². The fourth-order valence-electron chi connectivity index (χ4n) is 2.37. The SMILES string of the molecule is Cc1csc2sc(C(=O)N=S(C)(=O)c3ccc(Cl)cc3)c(C)c12. The first-order chi connectivity index (χ1) is 10.8. The second kappa shape index (κ2) is 6.02. The molecule has 1 unspecified atom stereocenters. The van der Waals surface area contributed by atoms with Crippen LogP contribution in [-0.4, -0.2) is 16.4 Å². The van der Waals surface area contributed by atoms with Crippen molar-refractivity contribution in [3.8, 4) is 0 Å². The second-order valence-electron chi connectivity index (χ2n) is 5.29. The summed E-state index contributed by atoms with van der Waals surface area (Å²) in [6.07, 6.45) is 1.48. The Balaban J connectivity index is 2.06. The number of carbonyl (C=O) groups excluding carboxylic acids is 1. The standard InChI is InChI=1S/C16H14ClNO2S3/c1-9-8-21-16-13(9)10(2)14(22-16)15(19)18-23(3,20)12-6-4-11(17)5-7-12/h4-8H,1-3H3. The Morgan fingerprint density at radius 3 is 2.48 bits per heavy atom. The summed E-state index contributed by atoms with van der Waals surface area (Å²) in [5, 5.41) is 3.75. The zero-order valence-corrected chi connectivity index (χ0v) is 16.0. The van der Waals surface area contributed by atoms with Crippen LogP contribution in [0.25, 0.3) is 9.40 Å². The fourth-order valence-corrected chi connectivity index (χ4v) is 6.12. The Bertz CT molecular complexity index is 1020. The number of rotatable bonds is 2. The highest BCUT2D eigenvalue weighted by atomic mass is 35.5. The minimum absolute atomic E-state index is 0.419. The van der Waals surface area contributed by atoms with Crippen LogP contribution in [0.3, 0.4) is 0 Å². The molecule has 0 aliphatic heterocycles. The van der Waals surface area contributed by atoms with Crippen molar-refractivity contribution in [1.29, 1.82) is 0 Å². The summed E-state index contributed by atoms with van der Waals surface area (Å²) >= 11 is 8.88. The predicted octanol–water partition coefficient (Wildman–Crippen LogP) is 5.53. The third-order valence-corrected chi connectivity index (χ3v) is 7.97. The summed E-state index contributed by atoms with van der Waals surface area (Å²) in [7, 11) is -2.79. The number of benzene rings is 1. The topological polar surface area (TPSA) is 46.5 Å². The molecular formula is C16H14ClNO2S3. The lowest BCUT2D eigenvalue weighted by Crippen LogP contribution is -2.03. The zero-order chi connectivity index (χ0) is 16.8. The number of halogens is 1. The number of aryl methyl sites for hydroxylation is 2. The van der Waals surface area contributed by atoms with Gasteiger partial charge in [-0.2, -0.15) is 4.36 Å². The van der Waals surface area contributed by atoms with Crippen LogP contribution in [0.5, 0.6) is 0 Å². The smallest absolute Gasteiger partial charge is 0.265 e. The van der Waals surface area contributed by atoms with Crippen molar-refractivity contribution >= 4 is 59.3 Å². The van der Waals surface area contributed by atoms with Crippen LogP contribution in [0.2, 0.25) is 5.02 Å². The van der Waals surface area contributed by atoms with Gasteiger partial charge in [0, 0.05) is 21.6 Å². The van der Waals surface area contributed by atoms with Crippen molar-refractivity contribution in [2.24, 2.45) is 4.36 Å². The maximum Gasteiger partial charge on any atom is 0.295 e. The summed E-state index contributed by atoms with van der Waals surface area (Å²) in [6.45, 7) is 3.95. The van der Waals surface area contributed by atoms with Crippen molar-refractivity contribution in [2.45, 2.75) is 18.7 Å². The molecule has 0 saturated heterocycles. The molecular weight excluding hydrogens is 370 g/mol. The van der Waals surface area contributed by atoms with E-state index in [0.717, 1.165) is 20.5 Å². The summed E-state index contributed by atoms with van der Waals surface area (Å²) < 4.78 is 17.9. The van der Waals surface area contributed by atoms with E-state index in [4.69, 9.17) is 11.6 Å². The number of hydrogen-bond acceptors (Lipinski definition) is 4. The molecule has 0 spiro atoms. The highest BCUT2D eigenvalue weighted by Gasteiger charge is 2.19. The second-order valence-corrected chi connectivity index (χ2v) is 10.1. The molecule has 120 valence electrons. The van der Waals surface area contributed by atoms with Crippen LogP contribution in [0, 0.1) is 13.8 Å². The third kappa shape index (κ3) is 3.08. The van der Waals surface area contributed by atoms with Gasteiger partial charge in [0.1, 0.15) is 0 Å². The Labute approximate surface area is 148 Å². The van der Waals surface area contributed by atoms with Gasteiger partial charge in [-0.05, 0) is 54.6 Å². The average Bonchev–Trinajstić information content (AvgIpc) is 3.00. The number of carbonyl (C=O) groups is 1. The van der Waals surface area contributed by atoms with Crippen LogP contribution in [-0.2, 0) is 9.73 Å². The lowest BCUT2D eigenvalue weighted by atomic mass is 10.1. The fraction of sp³-hybridized carbons (Fsp3) is 0.188. The maximum atomic E-state index is 12.8. The number of fused-ring (bicyclic) bond motifs is 1. The van der Waals surface area contributed by atoms with Gasteiger partial charge in [-0.3, -0.25) is 4.79 Å². The molecule has 0 radical (unpaired) electrons. The van der Waals surface area contributed by atoms with E-state index in [0.29, 0.717) is 14.8 Å². The predicted molar refractivity (Wildman–Crippen MR) is 99.7 cm³/mol. The van der Waals surface area contributed by atoms with E-state index in [-0.39, 0.29) is 0 Å². The summed E-state index contributed by atoms with van der Waals surface area (Å²) in [5.41, 5.74) is 2.08. The first kappa shape index (κ1) is 16.6. The molecule has 0 N–H and O–H groups in total. The molecule has 3 nitrogen and oxygen atoms in total. The van der Waals surface area contributed by atoms with Gasteiger partial charge in [-0.15, -0.1) is 22.7 Å². The molecule has 2 heterocycles. The largest absolute Gasteiger partial charge is 0.295 e. The minimum Gasteiger partial charge on any atom is -0.265 e. The van der Waals surface area contributed by atoms with E-state index in [1.807, 2.05) is 13.8 Å². The molecule has 0 aliphatic rings. The molecule has 1 amide bonds. The van der Waals surface area contributed by atoms with Crippen LogP contribution in [0.1, 0.15) is 20.8 Å². The Morgan fingerprint density at radius 1 is 1.22 bits per heavy atom. The molecule has 2 aromatic heterocycles. The van der Waals surface area contributed by atoms with E-state index >= 15 is 0 Å². The number of nitrogens with zero attached hydrogens (tertiary/aromatic N) is 1. The van der Waals surface area contributed by atoms with Crippen molar-refractivity contribution in [2.75, 3.05) is 6.26 Å². The van der Waals surface area contributed by atoms with Gasteiger partial charge in [0.25, 0.3) is 5.91 Å². The molecule has 0 aliphatic carbocycles. The van der Waals surface area contributed by atoms with Gasteiger partial charge < -0.3 is 0 Å². The van der Waals surface area contributed by atoms with Gasteiger partial charge in [0.2, 0.25) is 0 Å². The Kier molecular flexibility index (Phi) is 4.35. The van der Waals surface area contributed by atoms with Gasteiger partial charge in [-0.25, -0.2) is 4.21 Å². The first-order valence-corrected chi connectivity index (χ1v) is 10.8. The molecule has 7 heteroatoms. The minimum atomic E-state index is -2.79.